The Morgan fingerprint density at radius 2 is 1.43 bits per heavy atom. The lowest BCUT2D eigenvalue weighted by Crippen LogP contribution is -2.16. The largest absolute Gasteiger partial charge is 0.0718 e. The predicted molar refractivity (Wildman–Crippen MR) is 75.1 cm³/mol. The van der Waals surface area contributed by atoms with Crippen molar-refractivity contribution in [3.63, 3.8) is 0 Å². The number of hydrogen-bond acceptors (Lipinski definition) is 0. The van der Waals surface area contributed by atoms with E-state index in [1.54, 1.807) is 18.5 Å². The molecule has 0 saturated heterocycles. The van der Waals surface area contributed by atoms with Crippen LogP contribution in [0.25, 0.3) is 0 Å². The van der Waals surface area contributed by atoms with Gasteiger partial charge in [0.05, 0.1) is 0 Å². The van der Waals surface area contributed by atoms with Gasteiger partial charge in [-0.1, -0.05) is 76.8 Å². The van der Waals surface area contributed by atoms with Gasteiger partial charge in [0.25, 0.3) is 0 Å². The Labute approximate surface area is 94.7 Å². The van der Waals surface area contributed by atoms with Crippen LogP contribution in [-0.4, -0.2) is 17.6 Å². The van der Waals surface area contributed by atoms with Crippen LogP contribution in [0.4, 0.5) is 0 Å². The van der Waals surface area contributed by atoms with Crippen LogP contribution in [-0.2, 0) is 0 Å². The fourth-order valence-electron chi connectivity index (χ4n) is 1.78. The van der Waals surface area contributed by atoms with Crippen molar-refractivity contribution in [3.05, 3.63) is 0 Å². The van der Waals surface area contributed by atoms with Gasteiger partial charge in [0.15, 0.2) is 0 Å². The lowest BCUT2D eigenvalue weighted by molar-refractivity contribution is 0.840. The third kappa shape index (κ3) is 6.02. The summed E-state index contributed by atoms with van der Waals surface area (Å²) in [5, 5.41) is 0. The topological polar surface area (TPSA) is 0 Å². The zero-order valence-electron chi connectivity index (χ0n) is 11.1. The van der Waals surface area contributed by atoms with Gasteiger partial charge >= 0.3 is 0 Å². The van der Waals surface area contributed by atoms with Crippen LogP contribution in [0, 0.1) is 0 Å². The van der Waals surface area contributed by atoms with Crippen LogP contribution < -0.4 is 0 Å². The lowest BCUT2D eigenvalue weighted by Gasteiger charge is -2.18. The zero-order valence-corrected chi connectivity index (χ0v) is 13.4. The van der Waals surface area contributed by atoms with E-state index in [1.807, 2.05) is 0 Å². The third-order valence-corrected chi connectivity index (χ3v) is 11.4. The van der Waals surface area contributed by atoms with E-state index in [1.165, 1.54) is 6.42 Å². The van der Waals surface area contributed by atoms with E-state index in [9.17, 15) is 0 Å². The summed E-state index contributed by atoms with van der Waals surface area (Å²) in [6.45, 7) is 14.7. The molecule has 0 radical (unpaired) electrons. The first kappa shape index (κ1) is 14.4. The van der Waals surface area contributed by atoms with Crippen LogP contribution in [0.1, 0.15) is 40.5 Å². The molecule has 0 N–H and O–H groups in total. The highest BCUT2D eigenvalue weighted by Crippen LogP contribution is 2.21. The van der Waals surface area contributed by atoms with Gasteiger partial charge < -0.3 is 0 Å². The number of rotatable bonds is 7. The fourth-order valence-corrected chi connectivity index (χ4v) is 6.05. The summed E-state index contributed by atoms with van der Waals surface area (Å²) >= 11 is 0. The molecule has 0 amide bonds. The Morgan fingerprint density at radius 3 is 1.86 bits per heavy atom. The van der Waals surface area contributed by atoms with Gasteiger partial charge in [0, 0.05) is 17.6 Å². The molecule has 0 fully saturated rings. The summed E-state index contributed by atoms with van der Waals surface area (Å²) in [5.74, 6) is 0. The molecular formula is C12H30Si2. The Bertz CT molecular complexity index is 134. The second kappa shape index (κ2) is 7.69. The molecule has 0 aromatic rings. The first-order valence-electron chi connectivity index (χ1n) is 6.49. The molecule has 0 aliphatic carbocycles. The van der Waals surface area contributed by atoms with Crippen LogP contribution in [0.2, 0.25) is 36.3 Å². The lowest BCUT2D eigenvalue weighted by atomic mass is 10.4. The molecular weight excluding hydrogens is 200 g/mol. The summed E-state index contributed by atoms with van der Waals surface area (Å²) < 4.78 is 0. The van der Waals surface area contributed by atoms with Crippen molar-refractivity contribution in [2.75, 3.05) is 0 Å². The van der Waals surface area contributed by atoms with E-state index in [0.717, 1.165) is 11.1 Å². The first-order valence-corrected chi connectivity index (χ1v) is 11.8. The summed E-state index contributed by atoms with van der Waals surface area (Å²) in [7, 11) is -0.717. The molecule has 2 heteroatoms. The van der Waals surface area contributed by atoms with Crippen LogP contribution in [0.15, 0.2) is 0 Å². The molecule has 3 atom stereocenters. The molecule has 0 aliphatic rings. The molecule has 86 valence electrons. The highest BCUT2D eigenvalue weighted by molar-refractivity contribution is 6.60. The van der Waals surface area contributed by atoms with Gasteiger partial charge in [-0.3, -0.25) is 0 Å². The molecule has 0 heterocycles. The van der Waals surface area contributed by atoms with E-state index in [-0.39, 0.29) is 17.6 Å². The fraction of sp³-hybridized carbons (Fsp3) is 1.00. The molecule has 0 bridgehead atoms. The van der Waals surface area contributed by atoms with Crippen molar-refractivity contribution in [3.8, 4) is 0 Å². The predicted octanol–water partition coefficient (Wildman–Crippen LogP) is 4.30. The van der Waals surface area contributed by atoms with E-state index in [0.29, 0.717) is 0 Å². The smallest absolute Gasteiger partial charge is 0.0365 e. The van der Waals surface area contributed by atoms with Crippen LogP contribution in [0.3, 0.4) is 0 Å². The second-order valence-electron chi connectivity index (χ2n) is 5.52. The quantitative estimate of drug-likeness (QED) is 0.572. The van der Waals surface area contributed by atoms with Crippen molar-refractivity contribution >= 4 is 17.6 Å². The van der Waals surface area contributed by atoms with Crippen molar-refractivity contribution in [2.45, 2.75) is 76.8 Å². The maximum atomic E-state index is 2.57. The molecule has 0 rings (SSSR count). The van der Waals surface area contributed by atoms with Crippen LogP contribution >= 0.6 is 0 Å². The standard InChI is InChI=1S/C12H30Si2/c1-7-12(4)14(6)10-8-9-13(5)11(2)3/h11-14H,7-10H2,1-6H3. The van der Waals surface area contributed by atoms with E-state index in [2.05, 4.69) is 40.8 Å². The monoisotopic (exact) mass is 230 g/mol. The van der Waals surface area contributed by atoms with Crippen LogP contribution in [0.5, 0.6) is 0 Å². The Morgan fingerprint density at radius 1 is 0.929 bits per heavy atom. The minimum Gasteiger partial charge on any atom is -0.0718 e. The van der Waals surface area contributed by atoms with Gasteiger partial charge in [-0.2, -0.15) is 0 Å². The Hall–Kier alpha value is 0.434. The molecule has 3 unspecified atom stereocenters. The summed E-state index contributed by atoms with van der Waals surface area (Å²) in [6.07, 6.45) is 2.95. The summed E-state index contributed by atoms with van der Waals surface area (Å²) in [5.41, 5.74) is 2.07. The molecule has 0 saturated carbocycles. The minimum absolute atomic E-state index is 0.352. The summed E-state index contributed by atoms with van der Waals surface area (Å²) in [6, 6.07) is 3.19. The van der Waals surface area contributed by atoms with Crippen molar-refractivity contribution in [2.24, 2.45) is 0 Å². The van der Waals surface area contributed by atoms with E-state index >= 15 is 0 Å². The van der Waals surface area contributed by atoms with Gasteiger partial charge in [0.1, 0.15) is 0 Å². The highest BCUT2D eigenvalue weighted by atomic mass is 28.3. The molecule has 0 aromatic heterocycles. The third-order valence-electron chi connectivity index (χ3n) is 4.07. The van der Waals surface area contributed by atoms with Crippen molar-refractivity contribution in [1.82, 2.24) is 0 Å². The average molecular weight is 231 g/mol. The summed E-state index contributed by atoms with van der Waals surface area (Å²) in [4.78, 5) is 0. The molecule has 14 heavy (non-hydrogen) atoms. The van der Waals surface area contributed by atoms with Crippen molar-refractivity contribution in [1.29, 1.82) is 0 Å². The Balaban J connectivity index is 3.53. The van der Waals surface area contributed by atoms with Gasteiger partial charge in [-0.15, -0.1) is 0 Å². The van der Waals surface area contributed by atoms with Gasteiger partial charge in [-0.05, 0) is 0 Å². The van der Waals surface area contributed by atoms with E-state index in [4.69, 9.17) is 0 Å². The average Bonchev–Trinajstić information content (AvgIpc) is 2.15. The first-order chi connectivity index (χ1) is 6.49. The SMILES string of the molecule is CCC(C)[SiH](C)CCC[SiH](C)C(C)C. The number of hydrogen-bond donors (Lipinski definition) is 0. The highest BCUT2D eigenvalue weighted by Gasteiger charge is 2.13. The molecule has 0 aliphatic heterocycles. The van der Waals surface area contributed by atoms with Crippen molar-refractivity contribution < 1.29 is 0 Å². The molecule has 0 aromatic carbocycles. The molecule has 0 nitrogen and oxygen atoms in total. The van der Waals surface area contributed by atoms with Gasteiger partial charge in [-0.25, -0.2) is 0 Å². The van der Waals surface area contributed by atoms with Gasteiger partial charge in [0.2, 0.25) is 0 Å². The Kier molecular flexibility index (Phi) is 7.93. The second-order valence-corrected chi connectivity index (χ2v) is 13.1. The minimum atomic E-state index is -0.364. The maximum absolute atomic E-state index is 2.57. The maximum Gasteiger partial charge on any atom is 0.0365 e. The molecule has 0 spiro atoms. The van der Waals surface area contributed by atoms with E-state index < -0.39 is 0 Å². The zero-order chi connectivity index (χ0) is 11.1. The normalized spacial score (nSPS) is 18.2.